The first kappa shape index (κ1) is 24.9. The van der Waals surface area contributed by atoms with Crippen LogP contribution in [0, 0.1) is 6.92 Å². The van der Waals surface area contributed by atoms with E-state index in [1.807, 2.05) is 50.2 Å². The second-order valence-corrected chi connectivity index (χ2v) is 9.31. The highest BCUT2D eigenvalue weighted by Crippen LogP contribution is 2.38. The van der Waals surface area contributed by atoms with Crippen molar-refractivity contribution in [2.24, 2.45) is 0 Å². The van der Waals surface area contributed by atoms with Gasteiger partial charge in [-0.05, 0) is 67.6 Å². The van der Waals surface area contributed by atoms with Crippen LogP contribution in [0.5, 0.6) is 17.2 Å². The summed E-state index contributed by atoms with van der Waals surface area (Å²) in [6, 6.07) is 11.5. The Morgan fingerprint density at radius 2 is 1.34 bits per heavy atom. The minimum atomic E-state index is -0.775. The van der Waals surface area contributed by atoms with Crippen molar-refractivity contribution in [3.05, 3.63) is 53.1 Å². The molecule has 0 N–H and O–H groups in total. The summed E-state index contributed by atoms with van der Waals surface area (Å²) in [4.78, 5) is 32.6. The van der Waals surface area contributed by atoms with Gasteiger partial charge in [-0.1, -0.05) is 6.07 Å². The normalized spacial score (nSPS) is 17.9. The highest BCUT2D eigenvalue weighted by Gasteiger charge is 2.57. The van der Waals surface area contributed by atoms with Crippen LogP contribution in [0.1, 0.15) is 36.5 Å². The lowest BCUT2D eigenvalue weighted by Crippen LogP contribution is -2.56. The number of amides is 3. The minimum absolute atomic E-state index is 0.0903. The number of urea groups is 1. The fourth-order valence-corrected chi connectivity index (χ4v) is 5.36. The van der Waals surface area contributed by atoms with Crippen LogP contribution in [0.3, 0.4) is 0 Å². The van der Waals surface area contributed by atoms with Gasteiger partial charge in [0.05, 0.1) is 27.9 Å². The number of hydrogen-bond acceptors (Lipinski definition) is 6. The summed E-state index contributed by atoms with van der Waals surface area (Å²) in [7, 11) is 4.90. The zero-order valence-corrected chi connectivity index (χ0v) is 21.3. The Kier molecular flexibility index (Phi) is 7.21. The number of benzene rings is 2. The molecule has 0 aliphatic carbocycles. The summed E-state index contributed by atoms with van der Waals surface area (Å²) in [5.41, 5.74) is 2.24. The Bertz CT molecular complexity index is 1070. The number of methoxy groups -OCH3 is 3. The molecule has 0 aromatic heterocycles. The molecule has 2 aliphatic heterocycles. The third-order valence-electron chi connectivity index (χ3n) is 7.13. The van der Waals surface area contributed by atoms with E-state index in [1.54, 1.807) is 26.2 Å². The van der Waals surface area contributed by atoms with Crippen molar-refractivity contribution in [1.82, 2.24) is 14.7 Å². The summed E-state index contributed by atoms with van der Waals surface area (Å²) in [6.07, 6.45) is 1.22. The zero-order chi connectivity index (χ0) is 25.2. The van der Waals surface area contributed by atoms with E-state index in [4.69, 9.17) is 14.2 Å². The third-order valence-corrected chi connectivity index (χ3v) is 7.13. The van der Waals surface area contributed by atoms with Crippen molar-refractivity contribution in [1.29, 1.82) is 0 Å². The van der Waals surface area contributed by atoms with Crippen LogP contribution in [-0.2, 0) is 17.9 Å². The van der Waals surface area contributed by atoms with Gasteiger partial charge in [0.25, 0.3) is 5.91 Å². The molecule has 35 heavy (non-hydrogen) atoms. The molecule has 0 saturated carbocycles. The Morgan fingerprint density at radius 3 is 1.89 bits per heavy atom. The average molecular weight is 482 g/mol. The van der Waals surface area contributed by atoms with Gasteiger partial charge in [0.2, 0.25) is 0 Å². The molecule has 2 saturated heterocycles. The number of likely N-dealkylation sites (N-methyl/N-ethyl adjacent to an activating group) is 1. The number of ether oxygens (including phenoxy) is 3. The number of rotatable bonds is 8. The molecule has 4 rings (SSSR count). The van der Waals surface area contributed by atoms with Gasteiger partial charge >= 0.3 is 6.03 Å². The van der Waals surface area contributed by atoms with Crippen molar-refractivity contribution in [3.8, 4) is 17.2 Å². The number of likely N-dealkylation sites (tertiary alicyclic amines) is 1. The van der Waals surface area contributed by atoms with Gasteiger partial charge in [0, 0.05) is 32.2 Å². The predicted molar refractivity (Wildman–Crippen MR) is 133 cm³/mol. The molecule has 8 heteroatoms. The maximum Gasteiger partial charge on any atom is 0.327 e. The highest BCUT2D eigenvalue weighted by molar-refractivity contribution is 6.07. The SMILES string of the molecule is CCN1C(=O)N(Cc2cc(C)cc(OC)c2)C(=O)C12CCN(Cc1cc(OC)cc(OC)c1)CC2. The van der Waals surface area contributed by atoms with Crippen LogP contribution >= 0.6 is 0 Å². The van der Waals surface area contributed by atoms with E-state index < -0.39 is 5.54 Å². The second-order valence-electron chi connectivity index (χ2n) is 9.31. The molecule has 2 fully saturated rings. The van der Waals surface area contributed by atoms with Gasteiger partial charge < -0.3 is 19.1 Å². The maximum absolute atomic E-state index is 13.7. The summed E-state index contributed by atoms with van der Waals surface area (Å²) in [5, 5.41) is 0. The van der Waals surface area contributed by atoms with E-state index in [1.165, 1.54) is 4.90 Å². The maximum atomic E-state index is 13.7. The Morgan fingerprint density at radius 1 is 0.800 bits per heavy atom. The fraction of sp³-hybridized carbons (Fsp3) is 0.481. The molecule has 2 aromatic rings. The van der Waals surface area contributed by atoms with Crippen LogP contribution in [-0.4, -0.2) is 73.1 Å². The smallest absolute Gasteiger partial charge is 0.327 e. The number of hydrogen-bond donors (Lipinski definition) is 0. The first-order valence-electron chi connectivity index (χ1n) is 12.1. The van der Waals surface area contributed by atoms with Crippen molar-refractivity contribution in [2.45, 2.75) is 45.3 Å². The molecule has 0 radical (unpaired) electrons. The standard InChI is InChI=1S/C27H35N3O5/c1-6-30-26(32)29(18-20-11-19(2)12-22(13-20)33-3)25(31)27(30)7-9-28(10-8-27)17-21-14-23(34-4)16-24(15-21)35-5/h11-16H,6-10,17-18H2,1-5H3. The number of nitrogens with zero attached hydrogens (tertiary/aromatic N) is 3. The van der Waals surface area contributed by atoms with Gasteiger partial charge in [-0.25, -0.2) is 4.79 Å². The predicted octanol–water partition coefficient (Wildman–Crippen LogP) is 3.84. The molecule has 8 nitrogen and oxygen atoms in total. The lowest BCUT2D eigenvalue weighted by atomic mass is 9.85. The number of aryl methyl sites for hydroxylation is 1. The molecule has 2 heterocycles. The summed E-state index contributed by atoms with van der Waals surface area (Å²) in [6.45, 7) is 6.85. The molecule has 2 aromatic carbocycles. The van der Waals surface area contributed by atoms with Gasteiger partial charge in [-0.15, -0.1) is 0 Å². The lowest BCUT2D eigenvalue weighted by Gasteiger charge is -2.42. The summed E-state index contributed by atoms with van der Waals surface area (Å²) >= 11 is 0. The molecule has 0 atom stereocenters. The van der Waals surface area contributed by atoms with Crippen molar-refractivity contribution in [3.63, 3.8) is 0 Å². The fourth-order valence-electron chi connectivity index (χ4n) is 5.36. The first-order chi connectivity index (χ1) is 16.8. The Hall–Kier alpha value is -3.26. The lowest BCUT2D eigenvalue weighted by molar-refractivity contribution is -0.136. The van der Waals surface area contributed by atoms with Gasteiger partial charge in [-0.2, -0.15) is 0 Å². The van der Waals surface area contributed by atoms with E-state index in [2.05, 4.69) is 4.90 Å². The average Bonchev–Trinajstić information content (AvgIpc) is 3.05. The minimum Gasteiger partial charge on any atom is -0.497 e. The monoisotopic (exact) mass is 481 g/mol. The number of imide groups is 1. The molecule has 1 spiro atoms. The number of carbonyl (C=O) groups is 2. The quantitative estimate of drug-likeness (QED) is 0.534. The van der Waals surface area contributed by atoms with Gasteiger partial charge in [0.15, 0.2) is 0 Å². The van der Waals surface area contributed by atoms with Crippen LogP contribution in [0.15, 0.2) is 36.4 Å². The Balaban J connectivity index is 1.49. The Labute approximate surface area is 207 Å². The van der Waals surface area contributed by atoms with E-state index in [-0.39, 0.29) is 18.5 Å². The van der Waals surface area contributed by atoms with E-state index >= 15 is 0 Å². The van der Waals surface area contributed by atoms with Crippen molar-refractivity contribution >= 4 is 11.9 Å². The summed E-state index contributed by atoms with van der Waals surface area (Å²) < 4.78 is 16.2. The van der Waals surface area contributed by atoms with Gasteiger partial charge in [-0.3, -0.25) is 14.6 Å². The molecule has 188 valence electrons. The molecule has 0 unspecified atom stereocenters. The van der Waals surface area contributed by atoms with Crippen LogP contribution in [0.2, 0.25) is 0 Å². The largest absolute Gasteiger partial charge is 0.497 e. The second kappa shape index (κ2) is 10.2. The molecular weight excluding hydrogens is 446 g/mol. The van der Waals surface area contributed by atoms with Crippen LogP contribution in [0.25, 0.3) is 0 Å². The third kappa shape index (κ3) is 4.80. The zero-order valence-electron chi connectivity index (χ0n) is 21.3. The van der Waals surface area contributed by atoms with Gasteiger partial charge in [0.1, 0.15) is 22.8 Å². The summed E-state index contributed by atoms with van der Waals surface area (Å²) in [5.74, 6) is 2.14. The molecule has 0 bridgehead atoms. The van der Waals surface area contributed by atoms with E-state index in [9.17, 15) is 9.59 Å². The molecule has 2 aliphatic rings. The highest BCUT2D eigenvalue weighted by atomic mass is 16.5. The molecule has 3 amide bonds. The van der Waals surface area contributed by atoms with Crippen LogP contribution in [0.4, 0.5) is 4.79 Å². The van der Waals surface area contributed by atoms with Crippen LogP contribution < -0.4 is 14.2 Å². The number of piperidine rings is 1. The van der Waals surface area contributed by atoms with E-state index in [0.29, 0.717) is 19.4 Å². The van der Waals surface area contributed by atoms with Crippen molar-refractivity contribution < 1.29 is 23.8 Å². The topological polar surface area (TPSA) is 71.6 Å². The van der Waals surface area contributed by atoms with Crippen molar-refractivity contribution in [2.75, 3.05) is 41.0 Å². The number of carbonyl (C=O) groups excluding carboxylic acids is 2. The first-order valence-corrected chi connectivity index (χ1v) is 12.1. The molecular formula is C27H35N3O5. The van der Waals surface area contributed by atoms with E-state index in [0.717, 1.165) is 53.6 Å².